The predicted octanol–water partition coefficient (Wildman–Crippen LogP) is 0.408. The fraction of sp³-hybridized carbons (Fsp3) is 0.0667. The maximum atomic E-state index is 12.9. The molecule has 0 radical (unpaired) electrons. The minimum atomic E-state index is -0.751. The van der Waals surface area contributed by atoms with Crippen molar-refractivity contribution in [3.63, 3.8) is 0 Å². The average molecular weight is 354 g/mol. The number of ether oxygens (including phenoxy) is 1. The summed E-state index contributed by atoms with van der Waals surface area (Å²) < 4.78 is 10.4. The highest BCUT2D eigenvalue weighted by Crippen LogP contribution is 2.27. The Hall–Kier alpha value is -4.02. The van der Waals surface area contributed by atoms with Crippen molar-refractivity contribution in [2.24, 2.45) is 0 Å². The number of fused-ring (bicyclic) bond motifs is 3. The molecular formula is C15H10N6O5. The molecule has 0 aliphatic rings. The molecule has 0 atom stereocenters. The molecule has 0 aliphatic carbocycles. The molecule has 3 N–H and O–H groups in total. The van der Waals surface area contributed by atoms with Gasteiger partial charge in [-0.05, 0) is 11.3 Å². The monoisotopic (exact) mass is 354 g/mol. The van der Waals surface area contributed by atoms with Crippen molar-refractivity contribution in [3.8, 4) is 5.75 Å². The predicted molar refractivity (Wildman–Crippen MR) is 89.3 cm³/mol. The topological polar surface area (TPSA) is 156 Å². The van der Waals surface area contributed by atoms with Crippen molar-refractivity contribution in [1.82, 2.24) is 25.6 Å². The third-order valence-electron chi connectivity index (χ3n) is 3.76. The number of hydrogen-bond donors (Lipinski definition) is 3. The Morgan fingerprint density at radius 3 is 2.88 bits per heavy atom. The Labute approximate surface area is 143 Å². The van der Waals surface area contributed by atoms with Crippen LogP contribution in [0, 0.1) is 0 Å². The first-order chi connectivity index (χ1) is 12.6. The van der Waals surface area contributed by atoms with Crippen LogP contribution in [-0.4, -0.2) is 38.6 Å². The van der Waals surface area contributed by atoms with Gasteiger partial charge in [-0.2, -0.15) is 5.21 Å². The second-order valence-electron chi connectivity index (χ2n) is 5.20. The zero-order chi connectivity index (χ0) is 18.3. The molecule has 11 heteroatoms. The summed E-state index contributed by atoms with van der Waals surface area (Å²) in [6.07, 6.45) is 1.13. The van der Waals surface area contributed by atoms with Crippen LogP contribution in [0.5, 0.6) is 5.75 Å². The van der Waals surface area contributed by atoms with Gasteiger partial charge in [-0.1, -0.05) is 17.2 Å². The van der Waals surface area contributed by atoms with E-state index in [-0.39, 0.29) is 28.0 Å². The first-order valence-corrected chi connectivity index (χ1v) is 7.30. The summed E-state index contributed by atoms with van der Waals surface area (Å²) in [6, 6.07) is 4.84. The Bertz CT molecular complexity index is 1260. The number of H-pyrrole nitrogens is 2. The first kappa shape index (κ1) is 15.5. The number of rotatable bonds is 3. The number of nitrogens with zero attached hydrogens (tertiary/aromatic N) is 3. The van der Waals surface area contributed by atoms with E-state index in [2.05, 4.69) is 30.9 Å². The van der Waals surface area contributed by atoms with Gasteiger partial charge in [0.15, 0.2) is 11.3 Å². The largest absolute Gasteiger partial charge is 0.493 e. The van der Waals surface area contributed by atoms with E-state index < -0.39 is 17.0 Å². The van der Waals surface area contributed by atoms with Gasteiger partial charge in [0.05, 0.1) is 12.5 Å². The zero-order valence-corrected chi connectivity index (χ0v) is 13.2. The van der Waals surface area contributed by atoms with Crippen LogP contribution in [0.1, 0.15) is 10.4 Å². The molecule has 0 spiro atoms. The lowest BCUT2D eigenvalue weighted by Gasteiger charge is -2.07. The summed E-state index contributed by atoms with van der Waals surface area (Å²) in [5.74, 6) is -0.546. The molecule has 4 rings (SSSR count). The number of methoxy groups -OCH3 is 1. The molecule has 0 unspecified atom stereocenters. The second kappa shape index (κ2) is 5.81. The second-order valence-corrected chi connectivity index (χ2v) is 5.20. The van der Waals surface area contributed by atoms with E-state index in [1.54, 1.807) is 18.2 Å². The van der Waals surface area contributed by atoms with Gasteiger partial charge < -0.3 is 14.1 Å². The highest BCUT2D eigenvalue weighted by molar-refractivity contribution is 6.09. The van der Waals surface area contributed by atoms with E-state index in [0.717, 1.165) is 6.20 Å². The van der Waals surface area contributed by atoms with E-state index in [4.69, 9.17) is 9.15 Å². The van der Waals surface area contributed by atoms with Crippen molar-refractivity contribution >= 4 is 33.7 Å². The van der Waals surface area contributed by atoms with E-state index in [1.807, 2.05) is 0 Å². The Balaban J connectivity index is 1.99. The van der Waals surface area contributed by atoms with Crippen LogP contribution in [0.3, 0.4) is 0 Å². The number of aromatic nitrogens is 5. The van der Waals surface area contributed by atoms with E-state index >= 15 is 0 Å². The Kier molecular flexibility index (Phi) is 3.46. The number of tetrazole rings is 1. The summed E-state index contributed by atoms with van der Waals surface area (Å²) in [6.45, 7) is 0. The highest BCUT2D eigenvalue weighted by atomic mass is 16.5. The summed E-state index contributed by atoms with van der Waals surface area (Å²) in [4.78, 5) is 40.1. The maximum absolute atomic E-state index is 12.9. The van der Waals surface area contributed by atoms with E-state index in [1.165, 1.54) is 7.11 Å². The third-order valence-corrected chi connectivity index (χ3v) is 3.76. The number of amides is 1. The number of para-hydroxylation sites is 1. The maximum Gasteiger partial charge on any atom is 0.361 e. The van der Waals surface area contributed by atoms with Gasteiger partial charge >= 0.3 is 5.63 Å². The molecule has 0 bridgehead atoms. The van der Waals surface area contributed by atoms with Crippen molar-refractivity contribution in [1.29, 1.82) is 0 Å². The normalized spacial score (nSPS) is 11.0. The molecule has 26 heavy (non-hydrogen) atoms. The van der Waals surface area contributed by atoms with Crippen LogP contribution >= 0.6 is 0 Å². The van der Waals surface area contributed by atoms with Crippen LogP contribution in [0.4, 0.5) is 5.95 Å². The Morgan fingerprint density at radius 2 is 2.15 bits per heavy atom. The first-order valence-electron chi connectivity index (χ1n) is 7.30. The molecule has 0 aliphatic heterocycles. The fourth-order valence-electron chi connectivity index (χ4n) is 2.62. The minimum Gasteiger partial charge on any atom is -0.493 e. The summed E-state index contributed by atoms with van der Waals surface area (Å²) in [5, 5.41) is 15.4. The quantitative estimate of drug-likeness (QED) is 0.353. The SMILES string of the molecule is COc1cccc2c1oc(=O)c1[nH]cc(C(=O)Nc3nn[nH]n3)c(=O)c12. The van der Waals surface area contributed by atoms with Crippen molar-refractivity contribution in [2.45, 2.75) is 0 Å². The molecule has 3 aromatic heterocycles. The smallest absolute Gasteiger partial charge is 0.361 e. The number of carbonyl (C=O) groups excluding carboxylic acids is 1. The molecule has 0 fully saturated rings. The van der Waals surface area contributed by atoms with Gasteiger partial charge in [-0.15, -0.1) is 5.10 Å². The summed E-state index contributed by atoms with van der Waals surface area (Å²) in [5.41, 5.74) is -1.55. The minimum absolute atomic E-state index is 0.0240. The van der Waals surface area contributed by atoms with Gasteiger partial charge in [-0.3, -0.25) is 14.9 Å². The molecule has 1 amide bonds. The molecule has 130 valence electrons. The van der Waals surface area contributed by atoms with Crippen LogP contribution in [0.25, 0.3) is 21.9 Å². The number of aromatic amines is 2. The van der Waals surface area contributed by atoms with Gasteiger partial charge in [0.25, 0.3) is 11.9 Å². The molecule has 1 aromatic carbocycles. The van der Waals surface area contributed by atoms with Crippen molar-refractivity contribution in [2.75, 3.05) is 12.4 Å². The van der Waals surface area contributed by atoms with E-state index in [0.29, 0.717) is 11.1 Å². The molecule has 0 saturated carbocycles. The van der Waals surface area contributed by atoms with Crippen LogP contribution < -0.4 is 21.1 Å². The highest BCUT2D eigenvalue weighted by Gasteiger charge is 2.20. The number of hydrogen-bond acceptors (Lipinski definition) is 8. The van der Waals surface area contributed by atoms with E-state index in [9.17, 15) is 14.4 Å². The van der Waals surface area contributed by atoms with Crippen LogP contribution in [0.15, 0.2) is 38.4 Å². The lowest BCUT2D eigenvalue weighted by Crippen LogP contribution is -2.24. The van der Waals surface area contributed by atoms with Crippen molar-refractivity contribution < 1.29 is 13.9 Å². The number of carbonyl (C=O) groups is 1. The van der Waals surface area contributed by atoms with Crippen molar-refractivity contribution in [3.05, 3.63) is 50.6 Å². The molecule has 11 nitrogen and oxygen atoms in total. The lowest BCUT2D eigenvalue weighted by molar-refractivity contribution is 0.102. The molecule has 0 saturated heterocycles. The van der Waals surface area contributed by atoms with Crippen LogP contribution in [-0.2, 0) is 0 Å². The van der Waals surface area contributed by atoms with Gasteiger partial charge in [0, 0.05) is 11.6 Å². The average Bonchev–Trinajstić information content (AvgIpc) is 3.14. The number of nitrogens with one attached hydrogen (secondary N) is 3. The van der Waals surface area contributed by atoms with Gasteiger partial charge in [-0.25, -0.2) is 4.79 Å². The summed E-state index contributed by atoms with van der Waals surface area (Å²) in [7, 11) is 1.41. The standard InChI is InChI=1S/C15H10N6O5/c1-25-8-4-2-3-6-9-10(14(24)26-12(6)8)16-5-7(11(9)22)13(23)17-15-18-20-21-19-15/h2-5H,1H3,(H,16,22)(H2,17,18,19,20,21,23). The van der Waals surface area contributed by atoms with Crippen LogP contribution in [0.2, 0.25) is 0 Å². The molecule has 4 aromatic rings. The van der Waals surface area contributed by atoms with Gasteiger partial charge in [0.1, 0.15) is 11.1 Å². The Morgan fingerprint density at radius 1 is 1.31 bits per heavy atom. The van der Waals surface area contributed by atoms with Gasteiger partial charge in [0.2, 0.25) is 5.43 Å². The number of anilines is 1. The fourth-order valence-corrected chi connectivity index (χ4v) is 2.62. The zero-order valence-electron chi connectivity index (χ0n) is 13.2. The molecule has 3 heterocycles. The summed E-state index contributed by atoms with van der Waals surface area (Å²) >= 11 is 0. The third kappa shape index (κ3) is 2.30. The number of pyridine rings is 1. The number of benzene rings is 1. The molecular weight excluding hydrogens is 344 g/mol. The lowest BCUT2D eigenvalue weighted by atomic mass is 10.1.